The summed E-state index contributed by atoms with van der Waals surface area (Å²) in [6, 6.07) is 0. The third-order valence-electron chi connectivity index (χ3n) is 2.01. The fraction of sp³-hybridized carbons (Fsp3) is 0.500. The van der Waals surface area contributed by atoms with Crippen LogP contribution in [0.4, 0.5) is 5.13 Å². The highest BCUT2D eigenvalue weighted by Gasteiger charge is 2.12. The van der Waals surface area contributed by atoms with Crippen LogP contribution in [0.3, 0.4) is 0 Å². The number of aryl methyl sites for hydroxylation is 1. The van der Waals surface area contributed by atoms with E-state index in [1.807, 2.05) is 0 Å². The van der Waals surface area contributed by atoms with Crippen LogP contribution in [0.25, 0.3) is 0 Å². The maximum absolute atomic E-state index is 11.3. The van der Waals surface area contributed by atoms with E-state index < -0.39 is 27.5 Å². The van der Waals surface area contributed by atoms with Gasteiger partial charge in [0.05, 0.1) is 5.69 Å². The summed E-state index contributed by atoms with van der Waals surface area (Å²) in [4.78, 5) is 25.8. The van der Waals surface area contributed by atoms with Crippen molar-refractivity contribution in [2.24, 2.45) is 0 Å². The van der Waals surface area contributed by atoms with Crippen molar-refractivity contribution in [1.29, 1.82) is 0 Å². The fourth-order valence-electron chi connectivity index (χ4n) is 1.29. The summed E-state index contributed by atoms with van der Waals surface area (Å²) in [7, 11) is -3.36. The standard InChI is InChI=1S/C10H14N2O5S2/c1-19(16,17)6-8(13)12-10-11-7(5-18-10)3-2-4-9(14)15/h5H,2-4,6H2,1H3,(H,14,15)(H,11,12,13). The lowest BCUT2D eigenvalue weighted by Gasteiger charge is -1.99. The van der Waals surface area contributed by atoms with Gasteiger partial charge in [0, 0.05) is 18.1 Å². The van der Waals surface area contributed by atoms with E-state index in [9.17, 15) is 18.0 Å². The average molecular weight is 306 g/mol. The summed E-state index contributed by atoms with van der Waals surface area (Å²) in [5.74, 6) is -2.08. The molecule has 1 aromatic heterocycles. The smallest absolute Gasteiger partial charge is 0.303 e. The summed E-state index contributed by atoms with van der Waals surface area (Å²) in [6.07, 6.45) is 2.01. The van der Waals surface area contributed by atoms with Gasteiger partial charge < -0.3 is 10.4 Å². The van der Waals surface area contributed by atoms with Crippen LogP contribution >= 0.6 is 11.3 Å². The van der Waals surface area contributed by atoms with Gasteiger partial charge in [0.2, 0.25) is 5.91 Å². The first kappa shape index (κ1) is 15.6. The highest BCUT2D eigenvalue weighted by molar-refractivity contribution is 7.91. The van der Waals surface area contributed by atoms with E-state index in [2.05, 4.69) is 10.3 Å². The number of carbonyl (C=O) groups is 2. The number of aliphatic carboxylic acids is 1. The summed E-state index contributed by atoms with van der Waals surface area (Å²) in [5, 5.41) is 12.9. The molecule has 0 bridgehead atoms. The first-order valence-electron chi connectivity index (χ1n) is 5.40. The maximum atomic E-state index is 11.3. The second-order valence-corrected chi connectivity index (χ2v) is 7.01. The van der Waals surface area contributed by atoms with Gasteiger partial charge in [0.1, 0.15) is 5.75 Å². The molecule has 0 radical (unpaired) electrons. The number of hydrogen-bond donors (Lipinski definition) is 2. The Balaban J connectivity index is 2.46. The first-order chi connectivity index (χ1) is 8.76. The van der Waals surface area contributed by atoms with Gasteiger partial charge in [-0.05, 0) is 12.8 Å². The lowest BCUT2D eigenvalue weighted by Crippen LogP contribution is -2.21. The Bertz CT molecular complexity index is 564. The molecule has 19 heavy (non-hydrogen) atoms. The van der Waals surface area contributed by atoms with Gasteiger partial charge >= 0.3 is 5.97 Å². The van der Waals surface area contributed by atoms with Crippen LogP contribution in [0.1, 0.15) is 18.5 Å². The number of rotatable bonds is 7. The molecule has 0 saturated carbocycles. The molecule has 2 N–H and O–H groups in total. The zero-order valence-electron chi connectivity index (χ0n) is 10.2. The topological polar surface area (TPSA) is 113 Å². The Morgan fingerprint density at radius 2 is 2.16 bits per heavy atom. The average Bonchev–Trinajstić information content (AvgIpc) is 2.61. The van der Waals surface area contributed by atoms with Gasteiger partial charge in [-0.1, -0.05) is 0 Å². The molecular formula is C10H14N2O5S2. The number of carboxylic acid groups (broad SMARTS) is 1. The number of hydrogen-bond acceptors (Lipinski definition) is 6. The van der Waals surface area contributed by atoms with Crippen molar-refractivity contribution in [3.63, 3.8) is 0 Å². The van der Waals surface area contributed by atoms with Crippen LogP contribution in [0, 0.1) is 0 Å². The third kappa shape index (κ3) is 6.87. The zero-order valence-corrected chi connectivity index (χ0v) is 11.9. The number of nitrogens with one attached hydrogen (secondary N) is 1. The van der Waals surface area contributed by atoms with Gasteiger partial charge in [0.25, 0.3) is 0 Å². The molecule has 0 aliphatic heterocycles. The number of carboxylic acids is 1. The molecule has 0 saturated heterocycles. The molecule has 7 nitrogen and oxygen atoms in total. The largest absolute Gasteiger partial charge is 0.481 e. The van der Waals surface area contributed by atoms with E-state index in [-0.39, 0.29) is 6.42 Å². The molecule has 1 amide bonds. The molecule has 1 aromatic rings. The fourth-order valence-corrected chi connectivity index (χ4v) is 2.60. The Hall–Kier alpha value is -1.48. The lowest BCUT2D eigenvalue weighted by atomic mass is 10.2. The van der Waals surface area contributed by atoms with Crippen LogP contribution in [0.15, 0.2) is 5.38 Å². The lowest BCUT2D eigenvalue weighted by molar-refractivity contribution is -0.137. The van der Waals surface area contributed by atoms with Crippen molar-refractivity contribution >= 4 is 38.2 Å². The second-order valence-electron chi connectivity index (χ2n) is 4.01. The number of amides is 1. The molecule has 1 heterocycles. The van der Waals surface area contributed by atoms with Gasteiger partial charge in [-0.25, -0.2) is 13.4 Å². The minimum absolute atomic E-state index is 0.0628. The molecule has 0 spiro atoms. The van der Waals surface area contributed by atoms with Crippen LogP contribution in [-0.2, 0) is 25.8 Å². The van der Waals surface area contributed by atoms with E-state index in [1.165, 1.54) is 11.3 Å². The number of carbonyl (C=O) groups excluding carboxylic acids is 1. The third-order valence-corrected chi connectivity index (χ3v) is 3.61. The SMILES string of the molecule is CS(=O)(=O)CC(=O)Nc1nc(CCCC(=O)O)cs1. The minimum atomic E-state index is -3.36. The first-order valence-corrected chi connectivity index (χ1v) is 8.34. The summed E-state index contributed by atoms with van der Waals surface area (Å²) < 4.78 is 21.8. The normalized spacial score (nSPS) is 11.2. The Morgan fingerprint density at radius 1 is 1.47 bits per heavy atom. The van der Waals surface area contributed by atoms with Crippen molar-refractivity contribution in [3.05, 3.63) is 11.1 Å². The summed E-state index contributed by atoms with van der Waals surface area (Å²) in [5.41, 5.74) is 0.681. The molecule has 0 aliphatic rings. The molecule has 0 fully saturated rings. The highest BCUT2D eigenvalue weighted by atomic mass is 32.2. The number of anilines is 1. The number of aromatic nitrogens is 1. The Labute approximate surface area is 114 Å². The summed E-state index contributed by atoms with van der Waals surface area (Å²) in [6.45, 7) is 0. The van der Waals surface area contributed by atoms with Crippen LogP contribution in [-0.4, -0.2) is 42.4 Å². The predicted octanol–water partition coefficient (Wildman–Crippen LogP) is 0.533. The zero-order chi connectivity index (χ0) is 14.5. The van der Waals surface area contributed by atoms with Crippen molar-refractivity contribution in [2.45, 2.75) is 19.3 Å². The maximum Gasteiger partial charge on any atom is 0.303 e. The van der Waals surface area contributed by atoms with Crippen molar-refractivity contribution in [2.75, 3.05) is 17.3 Å². The van der Waals surface area contributed by atoms with Crippen LogP contribution < -0.4 is 5.32 Å². The molecule has 0 atom stereocenters. The van der Waals surface area contributed by atoms with Crippen LogP contribution in [0.5, 0.6) is 0 Å². The van der Waals surface area contributed by atoms with Gasteiger partial charge in [0.15, 0.2) is 15.0 Å². The monoisotopic (exact) mass is 306 g/mol. The van der Waals surface area contributed by atoms with E-state index in [1.54, 1.807) is 5.38 Å². The molecule has 1 rings (SSSR count). The predicted molar refractivity (Wildman–Crippen MR) is 71.0 cm³/mol. The van der Waals surface area contributed by atoms with Gasteiger partial charge in [-0.15, -0.1) is 11.3 Å². The van der Waals surface area contributed by atoms with E-state index >= 15 is 0 Å². The van der Waals surface area contributed by atoms with Gasteiger partial charge in [-0.2, -0.15) is 0 Å². The summed E-state index contributed by atoms with van der Waals surface area (Å²) >= 11 is 1.18. The number of nitrogens with zero attached hydrogens (tertiary/aromatic N) is 1. The van der Waals surface area contributed by atoms with Crippen molar-refractivity contribution in [1.82, 2.24) is 4.98 Å². The quantitative estimate of drug-likeness (QED) is 0.760. The molecule has 0 aromatic carbocycles. The number of sulfone groups is 1. The second kappa shape index (κ2) is 6.62. The Kier molecular flexibility index (Phi) is 5.43. The van der Waals surface area contributed by atoms with E-state index in [4.69, 9.17) is 5.11 Å². The molecule has 9 heteroatoms. The van der Waals surface area contributed by atoms with E-state index in [0.717, 1.165) is 6.26 Å². The Morgan fingerprint density at radius 3 is 2.74 bits per heavy atom. The van der Waals surface area contributed by atoms with Crippen LogP contribution in [0.2, 0.25) is 0 Å². The molecule has 0 aliphatic carbocycles. The van der Waals surface area contributed by atoms with Crippen molar-refractivity contribution in [3.8, 4) is 0 Å². The number of thiazole rings is 1. The molecular weight excluding hydrogens is 292 g/mol. The minimum Gasteiger partial charge on any atom is -0.481 e. The highest BCUT2D eigenvalue weighted by Crippen LogP contribution is 2.17. The molecule has 0 unspecified atom stereocenters. The van der Waals surface area contributed by atoms with E-state index in [0.29, 0.717) is 23.7 Å². The molecule has 106 valence electrons. The van der Waals surface area contributed by atoms with Gasteiger partial charge in [-0.3, -0.25) is 9.59 Å². The van der Waals surface area contributed by atoms with Crippen molar-refractivity contribution < 1.29 is 23.1 Å².